The summed E-state index contributed by atoms with van der Waals surface area (Å²) in [6, 6.07) is 8.52. The Balaban J connectivity index is 1.87. The SMILES string of the molecule is CCCCCCCCc1c2[n+](cc3c(OC)c(OC)ccc13)CCc1cc(OC)c(OC)cc1-2. The van der Waals surface area contributed by atoms with Crippen LogP contribution in [-0.4, -0.2) is 28.4 Å². The van der Waals surface area contributed by atoms with Gasteiger partial charge in [-0.3, -0.25) is 0 Å². The van der Waals surface area contributed by atoms with Gasteiger partial charge in [0.15, 0.2) is 35.7 Å². The van der Waals surface area contributed by atoms with E-state index in [1.165, 1.54) is 66.3 Å². The third-order valence-electron chi connectivity index (χ3n) is 7.03. The maximum Gasteiger partial charge on any atom is 0.216 e. The highest BCUT2D eigenvalue weighted by atomic mass is 16.5. The summed E-state index contributed by atoms with van der Waals surface area (Å²) in [5, 5.41) is 2.34. The Kier molecular flexibility index (Phi) is 7.81. The van der Waals surface area contributed by atoms with Gasteiger partial charge in [0.1, 0.15) is 0 Å². The van der Waals surface area contributed by atoms with Crippen LogP contribution in [0, 0.1) is 0 Å². The number of methoxy groups -OCH3 is 4. The predicted octanol–water partition coefficient (Wildman–Crippen LogP) is 6.29. The molecule has 182 valence electrons. The van der Waals surface area contributed by atoms with Gasteiger partial charge in [0.05, 0.1) is 39.4 Å². The standard InChI is InChI=1S/C29H38NO4/c1-6-7-8-9-10-11-12-22-21-13-14-25(31-2)29(34-5)24(21)19-30-16-15-20-17-26(32-3)27(33-4)18-23(20)28(22)30/h13-14,17-19H,6-12,15-16H2,1-5H3/q+1. The fourth-order valence-corrected chi connectivity index (χ4v) is 5.28. The minimum Gasteiger partial charge on any atom is -0.493 e. The molecule has 5 nitrogen and oxygen atoms in total. The minimum absolute atomic E-state index is 0.767. The Bertz CT molecular complexity index is 1160. The van der Waals surface area contributed by atoms with Crippen molar-refractivity contribution in [2.75, 3.05) is 28.4 Å². The molecule has 0 saturated carbocycles. The number of pyridine rings is 1. The molecule has 0 radical (unpaired) electrons. The van der Waals surface area contributed by atoms with Crippen molar-refractivity contribution in [1.82, 2.24) is 0 Å². The topological polar surface area (TPSA) is 40.8 Å². The van der Waals surface area contributed by atoms with E-state index in [9.17, 15) is 0 Å². The number of aromatic nitrogens is 1. The predicted molar refractivity (Wildman–Crippen MR) is 137 cm³/mol. The summed E-state index contributed by atoms with van der Waals surface area (Å²) in [4.78, 5) is 0. The molecule has 1 aromatic heterocycles. The van der Waals surface area contributed by atoms with Crippen LogP contribution in [0.5, 0.6) is 23.0 Å². The molecule has 0 unspecified atom stereocenters. The maximum absolute atomic E-state index is 5.83. The van der Waals surface area contributed by atoms with Crippen molar-refractivity contribution in [3.05, 3.63) is 41.6 Å². The largest absolute Gasteiger partial charge is 0.493 e. The number of nitrogens with zero attached hydrogens (tertiary/aromatic N) is 1. The molecule has 0 N–H and O–H groups in total. The van der Waals surface area contributed by atoms with Gasteiger partial charge in [-0.1, -0.05) is 39.0 Å². The van der Waals surface area contributed by atoms with Crippen molar-refractivity contribution < 1.29 is 23.5 Å². The van der Waals surface area contributed by atoms with Crippen LogP contribution >= 0.6 is 0 Å². The van der Waals surface area contributed by atoms with Crippen LogP contribution in [0.4, 0.5) is 0 Å². The van der Waals surface area contributed by atoms with Crippen LogP contribution in [-0.2, 0) is 19.4 Å². The van der Waals surface area contributed by atoms with E-state index >= 15 is 0 Å². The third kappa shape index (κ3) is 4.53. The number of benzene rings is 2. The summed E-state index contributed by atoms with van der Waals surface area (Å²) in [5.41, 5.74) is 5.21. The first-order valence-electron chi connectivity index (χ1n) is 12.5. The van der Waals surface area contributed by atoms with Crippen molar-refractivity contribution in [2.24, 2.45) is 0 Å². The van der Waals surface area contributed by atoms with Gasteiger partial charge in [-0.25, -0.2) is 0 Å². The number of ether oxygens (including phenoxy) is 4. The summed E-state index contributed by atoms with van der Waals surface area (Å²) < 4.78 is 25.1. The van der Waals surface area contributed by atoms with Gasteiger partial charge in [-0.15, -0.1) is 0 Å². The van der Waals surface area contributed by atoms with Gasteiger partial charge < -0.3 is 18.9 Å². The molecule has 5 heteroatoms. The summed E-state index contributed by atoms with van der Waals surface area (Å²) in [7, 11) is 6.83. The highest BCUT2D eigenvalue weighted by molar-refractivity contribution is 5.95. The first-order valence-corrected chi connectivity index (χ1v) is 12.5. The lowest BCUT2D eigenvalue weighted by Gasteiger charge is -2.22. The van der Waals surface area contributed by atoms with Crippen molar-refractivity contribution >= 4 is 10.8 Å². The fourth-order valence-electron chi connectivity index (χ4n) is 5.28. The van der Waals surface area contributed by atoms with Gasteiger partial charge in [-0.2, -0.15) is 4.57 Å². The number of rotatable bonds is 11. The number of fused-ring (bicyclic) bond motifs is 4. The van der Waals surface area contributed by atoms with Crippen LogP contribution in [0.2, 0.25) is 0 Å². The highest BCUT2D eigenvalue weighted by Gasteiger charge is 2.31. The number of hydrogen-bond acceptors (Lipinski definition) is 4. The van der Waals surface area contributed by atoms with Crippen LogP contribution in [0.1, 0.15) is 56.6 Å². The lowest BCUT2D eigenvalue weighted by molar-refractivity contribution is -0.686. The van der Waals surface area contributed by atoms with E-state index in [1.54, 1.807) is 28.4 Å². The molecule has 0 bridgehead atoms. The van der Waals surface area contributed by atoms with E-state index in [-0.39, 0.29) is 0 Å². The molecule has 1 aliphatic heterocycles. The maximum atomic E-state index is 5.83. The molecule has 0 atom stereocenters. The van der Waals surface area contributed by atoms with Gasteiger partial charge >= 0.3 is 0 Å². The molecule has 0 saturated heterocycles. The van der Waals surface area contributed by atoms with E-state index in [0.717, 1.165) is 47.8 Å². The Morgan fingerprint density at radius 2 is 1.47 bits per heavy atom. The van der Waals surface area contributed by atoms with Crippen molar-refractivity contribution in [2.45, 2.75) is 64.8 Å². The molecule has 34 heavy (non-hydrogen) atoms. The summed E-state index contributed by atoms with van der Waals surface area (Å²) in [6.07, 6.45) is 11.9. The number of unbranched alkanes of at least 4 members (excludes halogenated alkanes) is 5. The minimum atomic E-state index is 0.767. The smallest absolute Gasteiger partial charge is 0.216 e. The quantitative estimate of drug-likeness (QED) is 0.247. The second kappa shape index (κ2) is 11.0. The van der Waals surface area contributed by atoms with Crippen molar-refractivity contribution in [3.8, 4) is 34.3 Å². The Hall–Kier alpha value is -2.95. The third-order valence-corrected chi connectivity index (χ3v) is 7.03. The summed E-state index contributed by atoms with van der Waals surface area (Å²) >= 11 is 0. The van der Waals surface area contributed by atoms with Crippen molar-refractivity contribution in [3.63, 3.8) is 0 Å². The first kappa shape index (κ1) is 24.2. The van der Waals surface area contributed by atoms with Crippen LogP contribution in [0.3, 0.4) is 0 Å². The monoisotopic (exact) mass is 464 g/mol. The zero-order valence-corrected chi connectivity index (χ0v) is 21.3. The molecule has 0 aliphatic carbocycles. The average molecular weight is 465 g/mol. The van der Waals surface area contributed by atoms with Gasteiger partial charge in [0.25, 0.3) is 0 Å². The molecule has 3 aromatic rings. The van der Waals surface area contributed by atoms with Crippen molar-refractivity contribution in [1.29, 1.82) is 0 Å². The Morgan fingerprint density at radius 3 is 2.18 bits per heavy atom. The average Bonchev–Trinajstić information content (AvgIpc) is 2.88. The first-order chi connectivity index (χ1) is 16.7. The molecule has 0 amide bonds. The number of hydrogen-bond donors (Lipinski definition) is 0. The normalized spacial score (nSPS) is 12.3. The Labute approximate surface area is 203 Å². The highest BCUT2D eigenvalue weighted by Crippen LogP contribution is 2.42. The molecule has 2 heterocycles. The van der Waals surface area contributed by atoms with Gasteiger partial charge in [-0.05, 0) is 42.7 Å². The van der Waals surface area contributed by atoms with Gasteiger partial charge in [0.2, 0.25) is 5.69 Å². The molecule has 1 aliphatic rings. The van der Waals surface area contributed by atoms with E-state index in [0.29, 0.717) is 0 Å². The molecule has 0 fully saturated rings. The lowest BCUT2D eigenvalue weighted by Crippen LogP contribution is -2.41. The summed E-state index contributed by atoms with van der Waals surface area (Å²) in [5.74, 6) is 3.13. The van der Waals surface area contributed by atoms with Crippen LogP contribution in [0.25, 0.3) is 22.0 Å². The fraction of sp³-hybridized carbons (Fsp3) is 0.483. The van der Waals surface area contributed by atoms with E-state index in [4.69, 9.17) is 18.9 Å². The van der Waals surface area contributed by atoms with E-state index < -0.39 is 0 Å². The molecule has 0 spiro atoms. The molecular formula is C29H38NO4+. The van der Waals surface area contributed by atoms with E-state index in [2.05, 4.69) is 35.9 Å². The molecule has 4 rings (SSSR count). The Morgan fingerprint density at radius 1 is 0.765 bits per heavy atom. The van der Waals surface area contributed by atoms with Crippen LogP contribution in [0.15, 0.2) is 30.5 Å². The molecular weight excluding hydrogens is 426 g/mol. The second-order valence-corrected chi connectivity index (χ2v) is 9.04. The van der Waals surface area contributed by atoms with Crippen LogP contribution < -0.4 is 23.5 Å². The zero-order chi connectivity index (χ0) is 24.1. The summed E-state index contributed by atoms with van der Waals surface area (Å²) in [6.45, 7) is 3.18. The second-order valence-electron chi connectivity index (χ2n) is 9.04. The number of aryl methyl sites for hydroxylation is 3. The van der Waals surface area contributed by atoms with E-state index in [1.807, 2.05) is 6.07 Å². The van der Waals surface area contributed by atoms with Gasteiger partial charge in [0, 0.05) is 17.4 Å². The zero-order valence-electron chi connectivity index (χ0n) is 21.3. The lowest BCUT2D eigenvalue weighted by atomic mass is 9.89. The molecule has 2 aromatic carbocycles.